The Labute approximate surface area is 92.8 Å². The normalized spacial score (nSPS) is 10.8. The van der Waals surface area contributed by atoms with Gasteiger partial charge in [-0.25, -0.2) is 4.79 Å². The van der Waals surface area contributed by atoms with Gasteiger partial charge in [-0.1, -0.05) is 0 Å². The summed E-state index contributed by atoms with van der Waals surface area (Å²) in [6.45, 7) is 9.40. The molecular formula is C11H24N2O2. The van der Waals surface area contributed by atoms with Crippen LogP contribution in [0.15, 0.2) is 0 Å². The number of amides is 2. The average Bonchev–Trinajstić information content (AvgIpc) is 2.09. The zero-order valence-electron chi connectivity index (χ0n) is 10.3. The van der Waals surface area contributed by atoms with Gasteiger partial charge < -0.3 is 15.4 Å². The highest BCUT2D eigenvalue weighted by Gasteiger charge is 2.00. The maximum absolute atomic E-state index is 11.1. The Morgan fingerprint density at radius 1 is 1.20 bits per heavy atom. The first-order valence-electron chi connectivity index (χ1n) is 5.68. The van der Waals surface area contributed by atoms with Crippen LogP contribution < -0.4 is 10.6 Å². The van der Waals surface area contributed by atoms with E-state index in [0.717, 1.165) is 19.4 Å². The van der Waals surface area contributed by atoms with E-state index in [-0.39, 0.29) is 12.1 Å². The van der Waals surface area contributed by atoms with Gasteiger partial charge in [0.15, 0.2) is 0 Å². The van der Waals surface area contributed by atoms with E-state index in [0.29, 0.717) is 12.6 Å². The van der Waals surface area contributed by atoms with E-state index in [1.165, 1.54) is 0 Å². The molecule has 0 fully saturated rings. The van der Waals surface area contributed by atoms with Crippen LogP contribution in [0.3, 0.4) is 0 Å². The maximum atomic E-state index is 11.1. The number of hydrogen-bond donors (Lipinski definition) is 2. The summed E-state index contributed by atoms with van der Waals surface area (Å²) in [6, 6.07) is 0.101. The monoisotopic (exact) mass is 216 g/mol. The van der Waals surface area contributed by atoms with Crippen molar-refractivity contribution in [2.24, 2.45) is 0 Å². The van der Waals surface area contributed by atoms with Crippen LogP contribution in [0, 0.1) is 0 Å². The number of ether oxygens (including phenoxy) is 1. The van der Waals surface area contributed by atoms with Crippen molar-refractivity contribution in [3.8, 4) is 0 Å². The lowest BCUT2D eigenvalue weighted by Crippen LogP contribution is -2.39. The van der Waals surface area contributed by atoms with Crippen LogP contribution >= 0.6 is 0 Å². The Kier molecular flexibility index (Phi) is 8.09. The van der Waals surface area contributed by atoms with Crippen molar-refractivity contribution in [2.45, 2.75) is 52.7 Å². The van der Waals surface area contributed by atoms with Gasteiger partial charge >= 0.3 is 6.03 Å². The standard InChI is InChI=1S/C11H24N2O2/c1-9(2)13-11(14)12-7-5-6-8-15-10(3)4/h9-10H,5-8H2,1-4H3,(H2,12,13,14). The summed E-state index contributed by atoms with van der Waals surface area (Å²) in [4.78, 5) is 11.1. The van der Waals surface area contributed by atoms with Crippen LogP contribution in [0.4, 0.5) is 4.79 Å². The number of hydrogen-bond acceptors (Lipinski definition) is 2. The number of rotatable bonds is 7. The van der Waals surface area contributed by atoms with Crippen molar-refractivity contribution in [3.63, 3.8) is 0 Å². The van der Waals surface area contributed by atoms with Gasteiger partial charge in [-0.15, -0.1) is 0 Å². The second kappa shape index (κ2) is 8.53. The van der Waals surface area contributed by atoms with E-state index < -0.39 is 0 Å². The molecule has 0 aromatic carbocycles. The lowest BCUT2D eigenvalue weighted by molar-refractivity contribution is 0.0761. The van der Waals surface area contributed by atoms with Gasteiger partial charge in [-0.3, -0.25) is 0 Å². The van der Waals surface area contributed by atoms with Crippen molar-refractivity contribution in [2.75, 3.05) is 13.2 Å². The first-order valence-corrected chi connectivity index (χ1v) is 5.68. The van der Waals surface area contributed by atoms with E-state index in [4.69, 9.17) is 4.74 Å². The minimum absolute atomic E-state index is 0.0882. The van der Waals surface area contributed by atoms with Crippen LogP contribution in [-0.4, -0.2) is 31.3 Å². The van der Waals surface area contributed by atoms with Crippen LogP contribution in [-0.2, 0) is 4.74 Å². The maximum Gasteiger partial charge on any atom is 0.314 e. The molecule has 2 N–H and O–H groups in total. The number of carbonyl (C=O) groups is 1. The Bertz CT molecular complexity index is 170. The molecule has 0 aliphatic heterocycles. The molecule has 0 saturated carbocycles. The minimum Gasteiger partial charge on any atom is -0.379 e. The molecule has 15 heavy (non-hydrogen) atoms. The van der Waals surface area contributed by atoms with Gasteiger partial charge in [0, 0.05) is 19.2 Å². The largest absolute Gasteiger partial charge is 0.379 e. The van der Waals surface area contributed by atoms with E-state index in [9.17, 15) is 4.79 Å². The third-order valence-corrected chi connectivity index (χ3v) is 1.73. The highest BCUT2D eigenvalue weighted by molar-refractivity contribution is 5.73. The molecule has 0 heterocycles. The zero-order valence-corrected chi connectivity index (χ0v) is 10.3. The van der Waals surface area contributed by atoms with Crippen molar-refractivity contribution in [1.82, 2.24) is 10.6 Å². The summed E-state index contributed by atoms with van der Waals surface area (Å²) in [5.74, 6) is 0. The van der Waals surface area contributed by atoms with E-state index in [1.807, 2.05) is 27.7 Å². The third kappa shape index (κ3) is 11.2. The van der Waals surface area contributed by atoms with Crippen molar-refractivity contribution in [3.05, 3.63) is 0 Å². The van der Waals surface area contributed by atoms with E-state index >= 15 is 0 Å². The summed E-state index contributed by atoms with van der Waals surface area (Å²) >= 11 is 0. The summed E-state index contributed by atoms with van der Waals surface area (Å²) in [5, 5.41) is 5.57. The van der Waals surface area contributed by atoms with Gasteiger partial charge in [0.05, 0.1) is 6.10 Å². The Morgan fingerprint density at radius 2 is 1.87 bits per heavy atom. The third-order valence-electron chi connectivity index (χ3n) is 1.73. The van der Waals surface area contributed by atoms with Crippen molar-refractivity contribution < 1.29 is 9.53 Å². The number of carbonyl (C=O) groups excluding carboxylic acids is 1. The first kappa shape index (κ1) is 14.2. The topological polar surface area (TPSA) is 50.4 Å². The molecular weight excluding hydrogens is 192 g/mol. The van der Waals surface area contributed by atoms with Crippen molar-refractivity contribution >= 4 is 6.03 Å². The van der Waals surface area contributed by atoms with Gasteiger partial charge in [0.2, 0.25) is 0 Å². The average molecular weight is 216 g/mol. The Balaban J connectivity index is 3.20. The molecule has 0 unspecified atom stereocenters. The second-order valence-corrected chi connectivity index (χ2v) is 4.18. The molecule has 2 amide bonds. The smallest absolute Gasteiger partial charge is 0.314 e. The highest BCUT2D eigenvalue weighted by atomic mass is 16.5. The minimum atomic E-state index is -0.0882. The fraction of sp³-hybridized carbons (Fsp3) is 0.909. The van der Waals surface area contributed by atoms with Crippen molar-refractivity contribution in [1.29, 1.82) is 0 Å². The van der Waals surface area contributed by atoms with E-state index in [2.05, 4.69) is 10.6 Å². The molecule has 0 aromatic heterocycles. The Morgan fingerprint density at radius 3 is 2.40 bits per heavy atom. The van der Waals surface area contributed by atoms with Crippen LogP contribution in [0.2, 0.25) is 0 Å². The summed E-state index contributed by atoms with van der Waals surface area (Å²) in [6.07, 6.45) is 2.24. The molecule has 0 saturated heterocycles. The molecule has 0 aromatic rings. The molecule has 0 radical (unpaired) electrons. The van der Waals surface area contributed by atoms with Crippen LogP contribution in [0.5, 0.6) is 0 Å². The zero-order chi connectivity index (χ0) is 11.7. The summed E-state index contributed by atoms with van der Waals surface area (Å²) in [7, 11) is 0. The lowest BCUT2D eigenvalue weighted by Gasteiger charge is -2.10. The summed E-state index contributed by atoms with van der Waals surface area (Å²) in [5.41, 5.74) is 0. The molecule has 0 aliphatic carbocycles. The quantitative estimate of drug-likeness (QED) is 0.639. The van der Waals surface area contributed by atoms with Gasteiger partial charge in [0.1, 0.15) is 0 Å². The van der Waals surface area contributed by atoms with Gasteiger partial charge in [0.25, 0.3) is 0 Å². The lowest BCUT2D eigenvalue weighted by atomic mass is 10.3. The number of nitrogens with one attached hydrogen (secondary N) is 2. The predicted octanol–water partition coefficient (Wildman–Crippen LogP) is 1.90. The molecule has 0 rings (SSSR count). The molecule has 0 atom stereocenters. The second-order valence-electron chi connectivity index (χ2n) is 4.18. The fourth-order valence-corrected chi connectivity index (χ4v) is 1.06. The van der Waals surface area contributed by atoms with Crippen LogP contribution in [0.1, 0.15) is 40.5 Å². The number of unbranched alkanes of at least 4 members (excludes halogenated alkanes) is 1. The molecule has 0 bridgehead atoms. The number of urea groups is 1. The summed E-state index contributed by atoms with van der Waals surface area (Å²) < 4.78 is 5.39. The molecule has 0 spiro atoms. The highest BCUT2D eigenvalue weighted by Crippen LogP contribution is 1.93. The molecule has 4 heteroatoms. The van der Waals surface area contributed by atoms with Gasteiger partial charge in [-0.2, -0.15) is 0 Å². The van der Waals surface area contributed by atoms with Gasteiger partial charge in [-0.05, 0) is 40.5 Å². The van der Waals surface area contributed by atoms with Crippen LogP contribution in [0.25, 0.3) is 0 Å². The first-order chi connectivity index (χ1) is 7.02. The molecule has 4 nitrogen and oxygen atoms in total. The predicted molar refractivity (Wildman–Crippen MR) is 62.0 cm³/mol. The Hall–Kier alpha value is -0.770. The van der Waals surface area contributed by atoms with E-state index in [1.54, 1.807) is 0 Å². The molecule has 0 aliphatic rings. The fourth-order valence-electron chi connectivity index (χ4n) is 1.06. The SMILES string of the molecule is CC(C)NC(=O)NCCCCOC(C)C. The molecule has 90 valence electrons.